The zero-order valence-electron chi connectivity index (χ0n) is 12.3. The van der Waals surface area contributed by atoms with Crippen LogP contribution in [0.5, 0.6) is 5.75 Å². The Bertz CT molecular complexity index is 725. The summed E-state index contributed by atoms with van der Waals surface area (Å²) in [4.78, 5) is 22.3. The Morgan fingerprint density at radius 3 is 2.54 bits per heavy atom. The average molecular weight is 347 g/mol. The van der Waals surface area contributed by atoms with Crippen molar-refractivity contribution in [3.05, 3.63) is 44.0 Å². The molecule has 2 aliphatic heterocycles. The van der Waals surface area contributed by atoms with Crippen molar-refractivity contribution in [1.82, 2.24) is 4.90 Å². The van der Waals surface area contributed by atoms with Gasteiger partial charge in [-0.3, -0.25) is 25.1 Å². The van der Waals surface area contributed by atoms with E-state index in [9.17, 15) is 33.4 Å². The van der Waals surface area contributed by atoms with E-state index in [1.165, 1.54) is 11.9 Å². The largest absolute Gasteiger partial charge is 0.473 e. The highest BCUT2D eigenvalue weighted by Gasteiger charge is 2.73. The summed E-state index contributed by atoms with van der Waals surface area (Å²) >= 11 is 0. The molecule has 2 heterocycles. The van der Waals surface area contributed by atoms with Crippen LogP contribution in [0, 0.1) is 20.2 Å². The Morgan fingerprint density at radius 1 is 1.33 bits per heavy atom. The van der Waals surface area contributed by atoms with Gasteiger partial charge in [-0.05, 0) is 13.1 Å². The van der Waals surface area contributed by atoms with E-state index in [-0.39, 0.29) is 23.5 Å². The predicted molar refractivity (Wildman–Crippen MR) is 73.5 cm³/mol. The first kappa shape index (κ1) is 16.4. The molecule has 0 spiro atoms. The fraction of sp³-hybridized carbons (Fsp3) is 0.538. The summed E-state index contributed by atoms with van der Waals surface area (Å²) in [5.41, 5.74) is -2.73. The van der Waals surface area contributed by atoms with Gasteiger partial charge in [-0.15, -0.1) is 0 Å². The maximum Gasteiger partial charge on any atom is 0.432 e. The number of ether oxygens (including phenoxy) is 1. The summed E-state index contributed by atoms with van der Waals surface area (Å²) in [5.74, 6) is -1.37. The van der Waals surface area contributed by atoms with E-state index in [4.69, 9.17) is 4.74 Å². The van der Waals surface area contributed by atoms with Crippen molar-refractivity contribution >= 4 is 5.69 Å². The Kier molecular flexibility index (Phi) is 3.44. The molecule has 0 bridgehead atoms. The molecule has 0 unspecified atom stereocenters. The van der Waals surface area contributed by atoms with Crippen molar-refractivity contribution < 1.29 is 27.8 Å². The minimum Gasteiger partial charge on any atom is -0.473 e. The molecule has 3 atom stereocenters. The molecular formula is C13H12F3N3O5. The Morgan fingerprint density at radius 2 is 2.00 bits per heavy atom. The van der Waals surface area contributed by atoms with Gasteiger partial charge in [-0.25, -0.2) is 0 Å². The fourth-order valence-electron chi connectivity index (χ4n) is 3.60. The molecule has 8 nitrogen and oxygen atoms in total. The van der Waals surface area contributed by atoms with Gasteiger partial charge in [0, 0.05) is 29.2 Å². The normalized spacial score (nSPS) is 29.5. The molecule has 2 aliphatic rings. The number of alkyl halides is 3. The SMILES string of the molecule is CN1C[C@@H]2c3cc([N+](=O)[O-])ccc3O[C@H](C(F)(F)F)[C@]2([N+](=O)[O-])C1. The number of nitro groups is 2. The molecule has 0 aromatic heterocycles. The number of non-ortho nitro benzene ring substituents is 1. The topological polar surface area (TPSA) is 98.8 Å². The number of fused-ring (bicyclic) bond motifs is 3. The fourth-order valence-corrected chi connectivity index (χ4v) is 3.60. The van der Waals surface area contributed by atoms with E-state index in [0.717, 1.165) is 18.2 Å². The highest BCUT2D eigenvalue weighted by molar-refractivity contribution is 5.50. The van der Waals surface area contributed by atoms with E-state index in [1.54, 1.807) is 0 Å². The second-order valence-corrected chi connectivity index (χ2v) is 6.02. The second-order valence-electron chi connectivity index (χ2n) is 6.02. The Labute approximate surface area is 133 Å². The summed E-state index contributed by atoms with van der Waals surface area (Å²) in [6, 6.07) is 3.14. The first-order valence-electron chi connectivity index (χ1n) is 6.92. The summed E-state index contributed by atoms with van der Waals surface area (Å²) in [6.07, 6.45) is -7.57. The minimum atomic E-state index is -4.95. The van der Waals surface area contributed by atoms with Crippen molar-refractivity contribution in [3.63, 3.8) is 0 Å². The molecule has 0 saturated carbocycles. The van der Waals surface area contributed by atoms with Crippen LogP contribution >= 0.6 is 0 Å². The zero-order chi connectivity index (χ0) is 17.9. The summed E-state index contributed by atoms with van der Waals surface area (Å²) in [7, 11) is 1.47. The van der Waals surface area contributed by atoms with E-state index < -0.39 is 40.1 Å². The molecule has 24 heavy (non-hydrogen) atoms. The molecular weight excluding hydrogens is 335 g/mol. The number of benzene rings is 1. The van der Waals surface area contributed by atoms with Gasteiger partial charge < -0.3 is 4.74 Å². The zero-order valence-corrected chi connectivity index (χ0v) is 12.3. The quantitative estimate of drug-likeness (QED) is 0.599. The van der Waals surface area contributed by atoms with Gasteiger partial charge in [0.05, 0.1) is 17.4 Å². The summed E-state index contributed by atoms with van der Waals surface area (Å²) in [5, 5.41) is 22.6. The number of nitrogens with zero attached hydrogens (tertiary/aromatic N) is 3. The molecule has 0 aliphatic carbocycles. The molecule has 0 N–H and O–H groups in total. The smallest absolute Gasteiger partial charge is 0.432 e. The molecule has 0 amide bonds. The highest BCUT2D eigenvalue weighted by Crippen LogP contribution is 2.52. The van der Waals surface area contributed by atoms with Crippen LogP contribution in [-0.4, -0.2) is 52.7 Å². The number of likely N-dealkylation sites (tertiary alicyclic amines) is 1. The average Bonchev–Trinajstić information content (AvgIpc) is 2.83. The maximum atomic E-state index is 13.5. The van der Waals surface area contributed by atoms with Crippen molar-refractivity contribution in [2.45, 2.75) is 23.7 Å². The molecule has 130 valence electrons. The predicted octanol–water partition coefficient (Wildman–Crippen LogP) is 1.96. The lowest BCUT2D eigenvalue weighted by molar-refractivity contribution is -0.591. The highest BCUT2D eigenvalue weighted by atomic mass is 19.4. The van der Waals surface area contributed by atoms with Crippen LogP contribution in [-0.2, 0) is 0 Å². The lowest BCUT2D eigenvalue weighted by Crippen LogP contribution is -2.64. The first-order chi connectivity index (χ1) is 11.1. The third-order valence-electron chi connectivity index (χ3n) is 4.54. The molecule has 11 heteroatoms. The molecule has 1 saturated heterocycles. The number of rotatable bonds is 2. The number of nitro benzene ring substituents is 1. The van der Waals surface area contributed by atoms with Gasteiger partial charge in [0.15, 0.2) is 0 Å². The van der Waals surface area contributed by atoms with Crippen LogP contribution in [0.2, 0.25) is 0 Å². The van der Waals surface area contributed by atoms with E-state index in [2.05, 4.69) is 0 Å². The molecule has 0 radical (unpaired) electrons. The van der Waals surface area contributed by atoms with Crippen LogP contribution in [0.3, 0.4) is 0 Å². The van der Waals surface area contributed by atoms with Gasteiger partial charge >= 0.3 is 6.18 Å². The third-order valence-corrected chi connectivity index (χ3v) is 4.54. The van der Waals surface area contributed by atoms with Gasteiger partial charge in [0.1, 0.15) is 5.75 Å². The second kappa shape index (κ2) is 5.03. The van der Waals surface area contributed by atoms with Gasteiger partial charge in [0.2, 0.25) is 0 Å². The number of hydrogen-bond donors (Lipinski definition) is 0. The molecule has 1 fully saturated rings. The minimum absolute atomic E-state index is 0.0227. The standard InChI is InChI=1S/C13H12F3N3O5/c1-17-5-9-8-4-7(18(20)21)2-3-10(8)24-11(13(14,15)16)12(9,6-17)19(22)23/h2-4,9,11H,5-6H2,1H3/t9-,11+,12+/m1/s1. The molecule has 3 rings (SSSR count). The van der Waals surface area contributed by atoms with E-state index in [0.29, 0.717) is 0 Å². The molecule has 1 aromatic carbocycles. The van der Waals surface area contributed by atoms with Gasteiger partial charge in [0.25, 0.3) is 17.3 Å². The van der Waals surface area contributed by atoms with Gasteiger partial charge in [-0.1, -0.05) is 0 Å². The number of hydrogen-bond acceptors (Lipinski definition) is 6. The summed E-state index contributed by atoms with van der Waals surface area (Å²) in [6.45, 7) is -0.484. The monoisotopic (exact) mass is 347 g/mol. The van der Waals surface area contributed by atoms with Crippen molar-refractivity contribution in [3.8, 4) is 5.75 Å². The third kappa shape index (κ3) is 2.19. The van der Waals surface area contributed by atoms with Crippen molar-refractivity contribution in [2.75, 3.05) is 20.1 Å². The van der Waals surface area contributed by atoms with Crippen molar-refractivity contribution in [2.24, 2.45) is 0 Å². The van der Waals surface area contributed by atoms with Crippen LogP contribution < -0.4 is 4.74 Å². The van der Waals surface area contributed by atoms with Crippen molar-refractivity contribution in [1.29, 1.82) is 0 Å². The van der Waals surface area contributed by atoms with E-state index in [1.807, 2.05) is 0 Å². The lowest BCUT2D eigenvalue weighted by atomic mass is 9.75. The van der Waals surface area contributed by atoms with Crippen LogP contribution in [0.15, 0.2) is 18.2 Å². The van der Waals surface area contributed by atoms with Gasteiger partial charge in [-0.2, -0.15) is 13.2 Å². The number of halogens is 3. The van der Waals surface area contributed by atoms with Crippen LogP contribution in [0.25, 0.3) is 0 Å². The number of likely N-dealkylation sites (N-methyl/N-ethyl adjacent to an activating group) is 1. The maximum absolute atomic E-state index is 13.5. The Hall–Kier alpha value is -2.43. The van der Waals surface area contributed by atoms with E-state index >= 15 is 0 Å². The van der Waals surface area contributed by atoms with Crippen LogP contribution in [0.1, 0.15) is 11.5 Å². The molecule has 1 aromatic rings. The van der Waals surface area contributed by atoms with Crippen LogP contribution in [0.4, 0.5) is 18.9 Å². The lowest BCUT2D eigenvalue weighted by Gasteiger charge is -2.39. The first-order valence-corrected chi connectivity index (χ1v) is 6.92. The Balaban J connectivity index is 2.23. The summed E-state index contributed by atoms with van der Waals surface area (Å²) < 4.78 is 45.3.